The Labute approximate surface area is 79.7 Å². The van der Waals surface area contributed by atoms with Crippen LogP contribution in [-0.4, -0.2) is 24.2 Å². The van der Waals surface area contributed by atoms with E-state index in [0.29, 0.717) is 17.9 Å². The molecule has 0 saturated carbocycles. The first-order valence-corrected chi connectivity index (χ1v) is 5.02. The second-order valence-electron chi connectivity index (χ2n) is 2.66. The van der Waals surface area contributed by atoms with Gasteiger partial charge in [0.1, 0.15) is 5.15 Å². The summed E-state index contributed by atoms with van der Waals surface area (Å²) >= 11 is 7.33. The number of thiazole rings is 1. The minimum Gasteiger partial charge on any atom is -0.370 e. The van der Waals surface area contributed by atoms with Gasteiger partial charge >= 0.3 is 0 Å². The molecule has 2 rings (SSSR count). The van der Waals surface area contributed by atoms with Crippen molar-refractivity contribution < 1.29 is 4.74 Å². The average molecular weight is 205 g/mol. The summed E-state index contributed by atoms with van der Waals surface area (Å²) in [5.41, 5.74) is 1.74. The lowest BCUT2D eigenvalue weighted by Gasteiger charge is -2.26. The first kappa shape index (κ1) is 8.44. The SMILES string of the molecule is Clc1ncsc1COC1CNC1. The molecule has 5 heteroatoms. The van der Waals surface area contributed by atoms with E-state index in [1.54, 1.807) is 5.51 Å². The van der Waals surface area contributed by atoms with E-state index in [1.165, 1.54) is 11.3 Å². The molecule has 2 heterocycles. The van der Waals surface area contributed by atoms with E-state index < -0.39 is 0 Å². The Kier molecular flexibility index (Phi) is 2.60. The fraction of sp³-hybridized carbons (Fsp3) is 0.571. The Morgan fingerprint density at radius 1 is 1.75 bits per heavy atom. The normalized spacial score (nSPS) is 17.8. The van der Waals surface area contributed by atoms with Crippen LogP contribution in [0.15, 0.2) is 5.51 Å². The summed E-state index contributed by atoms with van der Waals surface area (Å²) in [5, 5.41) is 3.71. The van der Waals surface area contributed by atoms with Crippen molar-refractivity contribution in [2.75, 3.05) is 13.1 Å². The van der Waals surface area contributed by atoms with Gasteiger partial charge in [0.15, 0.2) is 0 Å². The number of hydrogen-bond donors (Lipinski definition) is 1. The van der Waals surface area contributed by atoms with Crippen molar-refractivity contribution in [1.82, 2.24) is 10.3 Å². The van der Waals surface area contributed by atoms with Crippen molar-refractivity contribution >= 4 is 22.9 Å². The molecule has 0 unspecified atom stereocenters. The van der Waals surface area contributed by atoms with Crippen molar-refractivity contribution in [1.29, 1.82) is 0 Å². The maximum Gasteiger partial charge on any atom is 0.145 e. The summed E-state index contributed by atoms with van der Waals surface area (Å²) in [6, 6.07) is 0. The third-order valence-electron chi connectivity index (χ3n) is 1.79. The van der Waals surface area contributed by atoms with Crippen LogP contribution < -0.4 is 5.32 Å². The highest BCUT2D eigenvalue weighted by Gasteiger charge is 2.17. The molecule has 1 fully saturated rings. The Morgan fingerprint density at radius 2 is 2.58 bits per heavy atom. The molecule has 3 nitrogen and oxygen atoms in total. The second kappa shape index (κ2) is 3.70. The fourth-order valence-corrected chi connectivity index (χ4v) is 1.79. The van der Waals surface area contributed by atoms with E-state index in [1.807, 2.05) is 0 Å². The number of hydrogen-bond acceptors (Lipinski definition) is 4. The molecular formula is C7H9ClN2OS. The number of halogens is 1. The van der Waals surface area contributed by atoms with E-state index in [4.69, 9.17) is 16.3 Å². The highest BCUT2D eigenvalue weighted by molar-refractivity contribution is 7.10. The number of ether oxygens (including phenoxy) is 1. The largest absolute Gasteiger partial charge is 0.370 e. The molecule has 0 aromatic carbocycles. The molecule has 1 saturated heterocycles. The lowest BCUT2D eigenvalue weighted by molar-refractivity contribution is 0.00885. The average Bonchev–Trinajstić information content (AvgIpc) is 2.33. The predicted molar refractivity (Wildman–Crippen MR) is 48.6 cm³/mol. The van der Waals surface area contributed by atoms with Crippen LogP contribution in [0.25, 0.3) is 0 Å². The number of aromatic nitrogens is 1. The molecule has 0 radical (unpaired) electrons. The molecule has 1 aliphatic heterocycles. The monoisotopic (exact) mass is 204 g/mol. The van der Waals surface area contributed by atoms with Crippen molar-refractivity contribution in [2.45, 2.75) is 12.7 Å². The Morgan fingerprint density at radius 3 is 3.08 bits per heavy atom. The van der Waals surface area contributed by atoms with Gasteiger partial charge in [-0.15, -0.1) is 11.3 Å². The van der Waals surface area contributed by atoms with Gasteiger partial charge in [0.2, 0.25) is 0 Å². The number of rotatable bonds is 3. The second-order valence-corrected chi connectivity index (χ2v) is 3.95. The standard InChI is InChI=1S/C7H9ClN2OS/c8-7-6(12-4-10-7)3-11-5-1-9-2-5/h4-5,9H,1-3H2. The van der Waals surface area contributed by atoms with Crippen LogP contribution in [0, 0.1) is 0 Å². The third kappa shape index (κ3) is 1.77. The fourth-order valence-electron chi connectivity index (χ4n) is 0.924. The first-order valence-electron chi connectivity index (χ1n) is 3.76. The van der Waals surface area contributed by atoms with Crippen LogP contribution in [0.4, 0.5) is 0 Å². The summed E-state index contributed by atoms with van der Waals surface area (Å²) in [6.07, 6.45) is 0.364. The molecule has 12 heavy (non-hydrogen) atoms. The summed E-state index contributed by atoms with van der Waals surface area (Å²) < 4.78 is 5.53. The van der Waals surface area contributed by atoms with Crippen molar-refractivity contribution in [2.24, 2.45) is 0 Å². The Balaban J connectivity index is 1.82. The molecule has 1 aromatic heterocycles. The maximum absolute atomic E-state index is 5.79. The molecule has 0 atom stereocenters. The van der Waals surface area contributed by atoms with Crippen LogP contribution >= 0.6 is 22.9 Å². The van der Waals surface area contributed by atoms with Crippen LogP contribution in [-0.2, 0) is 11.3 Å². The smallest absolute Gasteiger partial charge is 0.145 e. The van der Waals surface area contributed by atoms with E-state index in [-0.39, 0.29) is 0 Å². The zero-order valence-electron chi connectivity index (χ0n) is 6.42. The molecule has 1 aliphatic rings. The quantitative estimate of drug-likeness (QED) is 0.806. The minimum atomic E-state index is 0.364. The first-order chi connectivity index (χ1) is 5.86. The molecule has 1 aromatic rings. The van der Waals surface area contributed by atoms with Gasteiger partial charge in [-0.1, -0.05) is 11.6 Å². The zero-order chi connectivity index (χ0) is 8.39. The van der Waals surface area contributed by atoms with E-state index in [2.05, 4.69) is 10.3 Å². The van der Waals surface area contributed by atoms with Gasteiger partial charge in [-0.25, -0.2) is 4.98 Å². The zero-order valence-corrected chi connectivity index (χ0v) is 7.99. The van der Waals surface area contributed by atoms with Crippen LogP contribution in [0.5, 0.6) is 0 Å². The topological polar surface area (TPSA) is 34.1 Å². The summed E-state index contributed by atoms with van der Waals surface area (Å²) in [7, 11) is 0. The molecular weight excluding hydrogens is 196 g/mol. The molecule has 1 N–H and O–H groups in total. The van der Waals surface area contributed by atoms with Crippen LogP contribution in [0.3, 0.4) is 0 Å². The van der Waals surface area contributed by atoms with Gasteiger partial charge in [0, 0.05) is 13.1 Å². The lowest BCUT2D eigenvalue weighted by Crippen LogP contribution is -2.48. The maximum atomic E-state index is 5.79. The minimum absolute atomic E-state index is 0.364. The van der Waals surface area contributed by atoms with Crippen molar-refractivity contribution in [3.8, 4) is 0 Å². The third-order valence-corrected chi connectivity index (χ3v) is 3.03. The molecule has 0 aliphatic carbocycles. The van der Waals surface area contributed by atoms with Gasteiger partial charge in [-0.05, 0) is 0 Å². The highest BCUT2D eigenvalue weighted by Crippen LogP contribution is 2.20. The van der Waals surface area contributed by atoms with Crippen molar-refractivity contribution in [3.05, 3.63) is 15.5 Å². The van der Waals surface area contributed by atoms with E-state index >= 15 is 0 Å². The predicted octanol–water partition coefficient (Wildman–Crippen LogP) is 1.28. The number of nitrogens with zero attached hydrogens (tertiary/aromatic N) is 1. The van der Waals surface area contributed by atoms with Crippen molar-refractivity contribution in [3.63, 3.8) is 0 Å². The van der Waals surface area contributed by atoms with Gasteiger partial charge in [0.05, 0.1) is 23.1 Å². The molecule has 66 valence electrons. The Bertz CT molecular complexity index is 262. The highest BCUT2D eigenvalue weighted by atomic mass is 35.5. The molecule has 0 spiro atoms. The summed E-state index contributed by atoms with van der Waals surface area (Å²) in [4.78, 5) is 4.94. The van der Waals surface area contributed by atoms with E-state index in [9.17, 15) is 0 Å². The summed E-state index contributed by atoms with van der Waals surface area (Å²) in [5.74, 6) is 0. The molecule has 0 bridgehead atoms. The Hall–Kier alpha value is -0.160. The van der Waals surface area contributed by atoms with Gasteiger partial charge in [-0.2, -0.15) is 0 Å². The molecule has 0 amide bonds. The van der Waals surface area contributed by atoms with Crippen LogP contribution in [0.2, 0.25) is 5.15 Å². The van der Waals surface area contributed by atoms with Gasteiger partial charge < -0.3 is 10.1 Å². The summed E-state index contributed by atoms with van der Waals surface area (Å²) in [6.45, 7) is 2.50. The number of nitrogens with one attached hydrogen (secondary N) is 1. The van der Waals surface area contributed by atoms with Crippen LogP contribution in [0.1, 0.15) is 4.88 Å². The van der Waals surface area contributed by atoms with Gasteiger partial charge in [0.25, 0.3) is 0 Å². The lowest BCUT2D eigenvalue weighted by atomic mass is 10.2. The van der Waals surface area contributed by atoms with Gasteiger partial charge in [-0.3, -0.25) is 0 Å². The van der Waals surface area contributed by atoms with E-state index in [0.717, 1.165) is 18.0 Å².